The van der Waals surface area contributed by atoms with Crippen molar-refractivity contribution in [2.75, 3.05) is 28.2 Å². The van der Waals surface area contributed by atoms with E-state index in [9.17, 15) is 9.59 Å². The Morgan fingerprint density at radius 1 is 1.00 bits per heavy atom. The first-order valence-corrected chi connectivity index (χ1v) is 8.90. The van der Waals surface area contributed by atoms with Crippen molar-refractivity contribution >= 4 is 44.7 Å². The van der Waals surface area contributed by atoms with Gasteiger partial charge < -0.3 is 14.8 Å². The van der Waals surface area contributed by atoms with Crippen LogP contribution in [0.1, 0.15) is 11.4 Å². The Kier molecular flexibility index (Phi) is 10.6. The molecule has 0 saturated heterocycles. The molecule has 1 aromatic heterocycles. The third-order valence-electron chi connectivity index (χ3n) is 2.12. The van der Waals surface area contributed by atoms with E-state index < -0.39 is 0 Å². The average molecular weight is 390 g/mol. The number of nitrogens with zero attached hydrogens (tertiary/aromatic N) is 4. The van der Waals surface area contributed by atoms with E-state index in [1.54, 1.807) is 40.3 Å². The second-order valence-electron chi connectivity index (χ2n) is 4.29. The van der Waals surface area contributed by atoms with Crippen LogP contribution in [0.25, 0.3) is 0 Å². The molecule has 0 radical (unpaired) electrons. The Labute approximate surface area is 144 Å². The summed E-state index contributed by atoms with van der Waals surface area (Å²) >= 11 is 0.194. The van der Waals surface area contributed by atoms with Gasteiger partial charge in [0.05, 0.1) is 23.8 Å². The number of amides is 4. The number of aliphatic imine (C=N–C) groups is 2. The van der Waals surface area contributed by atoms with Crippen molar-refractivity contribution in [3.8, 4) is 0 Å². The summed E-state index contributed by atoms with van der Waals surface area (Å²) < 4.78 is 0. The van der Waals surface area contributed by atoms with Gasteiger partial charge in [0, 0.05) is 28.2 Å². The maximum atomic E-state index is 11.3. The molecule has 0 saturated carbocycles. The molecule has 1 heterocycles. The molecule has 22 heavy (non-hydrogen) atoms. The van der Waals surface area contributed by atoms with Gasteiger partial charge in [0.1, 0.15) is 0 Å². The number of carbonyl (C=O) groups is 2. The Morgan fingerprint density at radius 2 is 1.32 bits per heavy atom. The number of rotatable bonds is 2. The van der Waals surface area contributed by atoms with Crippen molar-refractivity contribution in [2.45, 2.75) is 0 Å². The number of aromatic nitrogens is 1. The number of carbonyl (C=O) groups excluding carboxylic acids is 2. The number of aromatic amines is 1. The topological polar surface area (TPSA) is 81.1 Å². The molecule has 0 aromatic carbocycles. The second kappa shape index (κ2) is 11.3. The average Bonchev–Trinajstić information content (AvgIpc) is 2.90. The Hall–Kier alpha value is -1.34. The standard InChI is InChI=1S/C12H17N5O2.2ClH.Fe/c1-16(2)11(18)13-7-9-5-6-10(15-9)8-14-12(19)17(3)4;;;/h5-8,15H,1-4H3;2*1H;/q;;;+2/p-2/b13-7+,14-8+;;;. The van der Waals surface area contributed by atoms with Crippen LogP contribution >= 0.6 is 20.2 Å². The molecule has 124 valence electrons. The van der Waals surface area contributed by atoms with Crippen LogP contribution in [-0.4, -0.2) is 67.5 Å². The second-order valence-corrected chi connectivity index (χ2v) is 6.11. The van der Waals surface area contributed by atoms with Gasteiger partial charge in [-0.3, -0.25) is 0 Å². The van der Waals surface area contributed by atoms with E-state index in [2.05, 4.69) is 15.0 Å². The van der Waals surface area contributed by atoms with E-state index >= 15 is 0 Å². The normalized spacial score (nSPS) is 10.6. The van der Waals surface area contributed by atoms with Crippen LogP contribution in [-0.2, 0) is 13.1 Å². The first-order valence-electron chi connectivity index (χ1n) is 5.86. The van der Waals surface area contributed by atoms with Gasteiger partial charge in [-0.05, 0) is 12.1 Å². The van der Waals surface area contributed by atoms with Crippen LogP contribution in [0.3, 0.4) is 0 Å². The monoisotopic (exact) mass is 389 g/mol. The Balaban J connectivity index is 0.00000135. The van der Waals surface area contributed by atoms with Crippen molar-refractivity contribution in [1.82, 2.24) is 14.8 Å². The Bertz CT molecular complexity index is 499. The minimum atomic E-state index is -0.340. The quantitative estimate of drug-likeness (QED) is 0.622. The van der Waals surface area contributed by atoms with Gasteiger partial charge in [-0.25, -0.2) is 9.59 Å². The van der Waals surface area contributed by atoms with Crippen LogP contribution in [0, 0.1) is 0 Å². The van der Waals surface area contributed by atoms with Crippen LogP contribution in [0.4, 0.5) is 9.59 Å². The zero-order valence-electron chi connectivity index (χ0n) is 12.5. The van der Waals surface area contributed by atoms with Crippen LogP contribution < -0.4 is 0 Å². The predicted molar refractivity (Wildman–Crippen MR) is 85.9 cm³/mol. The third kappa shape index (κ3) is 8.84. The number of halogens is 2. The summed E-state index contributed by atoms with van der Waals surface area (Å²) in [4.78, 5) is 35.7. The predicted octanol–water partition coefficient (Wildman–Crippen LogP) is 2.59. The van der Waals surface area contributed by atoms with E-state index in [4.69, 9.17) is 20.2 Å². The summed E-state index contributed by atoms with van der Waals surface area (Å²) in [5, 5.41) is 0. The zero-order valence-corrected chi connectivity index (χ0v) is 15.1. The summed E-state index contributed by atoms with van der Waals surface area (Å²) in [6.07, 6.45) is 2.85. The molecule has 10 heteroatoms. The van der Waals surface area contributed by atoms with Gasteiger partial charge in [-0.1, -0.05) is 0 Å². The molecular formula is C12H17Cl2FeN5O2. The molecule has 1 aromatic rings. The summed E-state index contributed by atoms with van der Waals surface area (Å²) in [6, 6.07) is 2.81. The van der Waals surface area contributed by atoms with E-state index in [0.717, 1.165) is 0 Å². The van der Waals surface area contributed by atoms with Gasteiger partial charge in [0.15, 0.2) is 0 Å². The SMILES string of the molecule is CN(C)C(=O)/N=C/c1ccc(/C=N/C(=O)N(C)C)[nH]1.[Cl][Fe][Cl]. The molecule has 0 fully saturated rings. The molecule has 0 aliphatic heterocycles. The zero-order chi connectivity index (χ0) is 17.1. The Morgan fingerprint density at radius 3 is 1.59 bits per heavy atom. The van der Waals surface area contributed by atoms with E-state index in [1.165, 1.54) is 22.2 Å². The molecule has 7 nitrogen and oxygen atoms in total. The molecule has 0 aliphatic carbocycles. The molecule has 1 rings (SSSR count). The van der Waals surface area contributed by atoms with Crippen molar-refractivity contribution in [1.29, 1.82) is 0 Å². The van der Waals surface area contributed by atoms with Crippen molar-refractivity contribution in [2.24, 2.45) is 9.98 Å². The van der Waals surface area contributed by atoms with Crippen molar-refractivity contribution < 1.29 is 22.7 Å². The molecule has 0 spiro atoms. The van der Waals surface area contributed by atoms with Crippen LogP contribution in [0.15, 0.2) is 22.1 Å². The summed E-state index contributed by atoms with van der Waals surface area (Å²) in [6.45, 7) is 0. The molecule has 4 amide bonds. The number of H-pyrrole nitrogens is 1. The molecular weight excluding hydrogens is 373 g/mol. The molecule has 1 N–H and O–H groups in total. The van der Waals surface area contributed by atoms with E-state index in [0.29, 0.717) is 11.4 Å². The molecule has 0 unspecified atom stereocenters. The van der Waals surface area contributed by atoms with Crippen molar-refractivity contribution in [3.63, 3.8) is 0 Å². The first-order chi connectivity index (χ1) is 10.3. The molecule has 0 bridgehead atoms. The molecule has 0 atom stereocenters. The summed E-state index contributed by atoms with van der Waals surface area (Å²) in [7, 11) is 16.0. The van der Waals surface area contributed by atoms with E-state index in [1.807, 2.05) is 0 Å². The summed E-state index contributed by atoms with van der Waals surface area (Å²) in [5.74, 6) is 0. The number of hydrogen-bond donors (Lipinski definition) is 1. The van der Waals surface area contributed by atoms with Crippen molar-refractivity contribution in [3.05, 3.63) is 23.5 Å². The minimum absolute atomic E-state index is 0.194. The fourth-order valence-corrected chi connectivity index (χ4v) is 1.06. The first kappa shape index (κ1) is 20.7. The third-order valence-corrected chi connectivity index (χ3v) is 2.12. The number of urea groups is 2. The van der Waals surface area contributed by atoms with Gasteiger partial charge >= 0.3 is 45.4 Å². The number of hydrogen-bond acceptors (Lipinski definition) is 2. The van der Waals surface area contributed by atoms with E-state index in [-0.39, 0.29) is 25.2 Å². The fourth-order valence-electron chi connectivity index (χ4n) is 1.06. The van der Waals surface area contributed by atoms with Crippen LogP contribution in [0.2, 0.25) is 0 Å². The summed E-state index contributed by atoms with van der Waals surface area (Å²) in [5.41, 5.74) is 1.32. The van der Waals surface area contributed by atoms with Crippen LogP contribution in [0.5, 0.6) is 0 Å². The van der Waals surface area contributed by atoms with Gasteiger partial charge in [0.2, 0.25) is 0 Å². The molecule has 0 aliphatic rings. The number of nitrogens with one attached hydrogen (secondary N) is 1. The van der Waals surface area contributed by atoms with Gasteiger partial charge in [0.25, 0.3) is 0 Å². The maximum absolute atomic E-state index is 11.3. The fraction of sp³-hybridized carbons (Fsp3) is 0.333. The van der Waals surface area contributed by atoms with Gasteiger partial charge in [-0.2, -0.15) is 9.98 Å². The van der Waals surface area contributed by atoms with Gasteiger partial charge in [-0.15, -0.1) is 0 Å².